The third-order valence-electron chi connectivity index (χ3n) is 2.12. The van der Waals surface area contributed by atoms with Gasteiger partial charge in [-0.25, -0.2) is 9.97 Å². The largest absolute Gasteiger partial charge is 0.377 e. The van der Waals surface area contributed by atoms with Crippen LogP contribution in [0.1, 0.15) is 19.7 Å². The Bertz CT molecular complexity index is 330. The Labute approximate surface area is 96.6 Å². The fourth-order valence-electron chi connectivity index (χ4n) is 1.38. The van der Waals surface area contributed by atoms with Crippen molar-refractivity contribution in [3.05, 3.63) is 11.9 Å². The maximum absolute atomic E-state index is 5.43. The van der Waals surface area contributed by atoms with Crippen molar-refractivity contribution in [1.82, 2.24) is 9.97 Å². The molecule has 1 unspecified atom stereocenters. The van der Waals surface area contributed by atoms with Crippen molar-refractivity contribution < 1.29 is 4.74 Å². The molecular formula is C11H20N4O. The average Bonchev–Trinajstić information content (AvgIpc) is 2.26. The van der Waals surface area contributed by atoms with E-state index in [1.165, 1.54) is 0 Å². The molecule has 2 N–H and O–H groups in total. The summed E-state index contributed by atoms with van der Waals surface area (Å²) in [6.45, 7) is 7.37. The van der Waals surface area contributed by atoms with Gasteiger partial charge in [0.05, 0.1) is 6.10 Å². The highest BCUT2D eigenvalue weighted by molar-refractivity contribution is 5.47. The normalized spacial score (nSPS) is 12.2. The second-order valence-electron chi connectivity index (χ2n) is 3.58. The first kappa shape index (κ1) is 12.7. The van der Waals surface area contributed by atoms with E-state index in [0.29, 0.717) is 0 Å². The first-order valence-corrected chi connectivity index (χ1v) is 5.54. The Hall–Kier alpha value is -1.36. The summed E-state index contributed by atoms with van der Waals surface area (Å²) in [7, 11) is 1.84. The fraction of sp³-hybridized carbons (Fsp3) is 0.636. The van der Waals surface area contributed by atoms with Gasteiger partial charge in [-0.15, -0.1) is 0 Å². The van der Waals surface area contributed by atoms with E-state index in [9.17, 15) is 0 Å². The third kappa shape index (κ3) is 4.02. The molecule has 16 heavy (non-hydrogen) atoms. The first-order valence-electron chi connectivity index (χ1n) is 5.54. The van der Waals surface area contributed by atoms with Gasteiger partial charge in [0.2, 0.25) is 0 Å². The zero-order valence-electron chi connectivity index (χ0n) is 10.4. The molecule has 0 bridgehead atoms. The number of ether oxygens (including phenoxy) is 1. The van der Waals surface area contributed by atoms with E-state index in [0.717, 1.165) is 30.6 Å². The van der Waals surface area contributed by atoms with E-state index >= 15 is 0 Å². The van der Waals surface area contributed by atoms with E-state index in [4.69, 9.17) is 4.74 Å². The second kappa shape index (κ2) is 6.27. The number of nitrogens with one attached hydrogen (secondary N) is 2. The summed E-state index contributed by atoms with van der Waals surface area (Å²) in [5, 5.41) is 6.23. The second-order valence-corrected chi connectivity index (χ2v) is 3.58. The molecule has 0 aliphatic carbocycles. The lowest BCUT2D eigenvalue weighted by Gasteiger charge is -2.13. The highest BCUT2D eigenvalue weighted by atomic mass is 16.5. The Balaban J connectivity index is 2.56. The van der Waals surface area contributed by atoms with Crippen molar-refractivity contribution in [3.63, 3.8) is 0 Å². The molecular weight excluding hydrogens is 204 g/mol. The monoisotopic (exact) mass is 224 g/mol. The molecule has 0 saturated carbocycles. The summed E-state index contributed by atoms with van der Waals surface area (Å²) < 4.78 is 5.43. The lowest BCUT2D eigenvalue weighted by molar-refractivity contribution is 0.0855. The van der Waals surface area contributed by atoms with Gasteiger partial charge in [-0.2, -0.15) is 0 Å². The minimum absolute atomic E-state index is 0.179. The third-order valence-corrected chi connectivity index (χ3v) is 2.12. The van der Waals surface area contributed by atoms with Gasteiger partial charge in [0.25, 0.3) is 0 Å². The van der Waals surface area contributed by atoms with Crippen LogP contribution in [-0.2, 0) is 4.74 Å². The van der Waals surface area contributed by atoms with Gasteiger partial charge in [0, 0.05) is 26.3 Å². The lowest BCUT2D eigenvalue weighted by atomic mass is 10.4. The Kier molecular flexibility index (Phi) is 4.98. The van der Waals surface area contributed by atoms with Crippen LogP contribution in [0, 0.1) is 6.92 Å². The summed E-state index contributed by atoms with van der Waals surface area (Å²) in [4.78, 5) is 8.52. The maximum Gasteiger partial charge on any atom is 0.131 e. The molecule has 0 aliphatic rings. The van der Waals surface area contributed by atoms with E-state index in [2.05, 4.69) is 20.6 Å². The molecule has 1 rings (SSSR count). The zero-order valence-corrected chi connectivity index (χ0v) is 10.4. The maximum atomic E-state index is 5.43. The number of nitrogens with zero attached hydrogens (tertiary/aromatic N) is 2. The van der Waals surface area contributed by atoms with Crippen molar-refractivity contribution in [2.45, 2.75) is 26.9 Å². The lowest BCUT2D eigenvalue weighted by Crippen LogP contribution is -2.20. The Morgan fingerprint density at radius 3 is 2.69 bits per heavy atom. The summed E-state index contributed by atoms with van der Waals surface area (Å²) in [5.74, 6) is 2.39. The Morgan fingerprint density at radius 2 is 2.06 bits per heavy atom. The predicted molar refractivity (Wildman–Crippen MR) is 65.9 cm³/mol. The van der Waals surface area contributed by atoms with Crippen LogP contribution in [0.4, 0.5) is 11.6 Å². The van der Waals surface area contributed by atoms with Gasteiger partial charge in [-0.1, -0.05) is 0 Å². The van der Waals surface area contributed by atoms with Gasteiger partial charge in [0.15, 0.2) is 0 Å². The molecule has 0 amide bonds. The van der Waals surface area contributed by atoms with Gasteiger partial charge in [-0.05, 0) is 20.8 Å². The Morgan fingerprint density at radius 1 is 1.38 bits per heavy atom. The van der Waals surface area contributed by atoms with Crippen LogP contribution in [0.15, 0.2) is 6.07 Å². The highest BCUT2D eigenvalue weighted by Gasteiger charge is 2.03. The molecule has 0 fully saturated rings. The number of hydrogen-bond acceptors (Lipinski definition) is 5. The van der Waals surface area contributed by atoms with Gasteiger partial charge in [-0.3, -0.25) is 0 Å². The number of rotatable bonds is 6. The van der Waals surface area contributed by atoms with Crippen LogP contribution in [0.5, 0.6) is 0 Å². The minimum Gasteiger partial charge on any atom is -0.377 e. The SMILES string of the molecule is CCOC(C)CNc1cc(NC)nc(C)n1. The fourth-order valence-corrected chi connectivity index (χ4v) is 1.38. The van der Waals surface area contributed by atoms with E-state index in [1.54, 1.807) is 0 Å². The highest BCUT2D eigenvalue weighted by Crippen LogP contribution is 2.10. The summed E-state index contributed by atoms with van der Waals surface area (Å²) in [6, 6.07) is 1.88. The molecule has 1 aromatic rings. The molecule has 1 heterocycles. The molecule has 1 aromatic heterocycles. The first-order chi connectivity index (χ1) is 7.65. The standard InChI is InChI=1S/C11H20N4O/c1-5-16-8(2)7-13-11-6-10(12-4)14-9(3)15-11/h6,8H,5,7H2,1-4H3,(H2,12,13,14,15). The number of hydrogen-bond donors (Lipinski definition) is 2. The van der Waals surface area contributed by atoms with Crippen molar-refractivity contribution in [1.29, 1.82) is 0 Å². The van der Waals surface area contributed by atoms with E-state index < -0.39 is 0 Å². The van der Waals surface area contributed by atoms with Crippen molar-refractivity contribution in [3.8, 4) is 0 Å². The van der Waals surface area contributed by atoms with Crippen LogP contribution < -0.4 is 10.6 Å². The smallest absolute Gasteiger partial charge is 0.131 e. The van der Waals surface area contributed by atoms with Crippen molar-refractivity contribution in [2.24, 2.45) is 0 Å². The number of aryl methyl sites for hydroxylation is 1. The van der Waals surface area contributed by atoms with E-state index in [-0.39, 0.29) is 6.10 Å². The summed E-state index contributed by atoms with van der Waals surface area (Å²) in [5.41, 5.74) is 0. The molecule has 0 aromatic carbocycles. The molecule has 5 nitrogen and oxygen atoms in total. The minimum atomic E-state index is 0.179. The quantitative estimate of drug-likeness (QED) is 0.769. The van der Waals surface area contributed by atoms with Crippen LogP contribution >= 0.6 is 0 Å². The number of anilines is 2. The molecule has 0 spiro atoms. The van der Waals surface area contributed by atoms with E-state index in [1.807, 2.05) is 33.9 Å². The molecule has 90 valence electrons. The molecule has 0 radical (unpaired) electrons. The summed E-state index contributed by atoms with van der Waals surface area (Å²) >= 11 is 0. The van der Waals surface area contributed by atoms with Gasteiger partial charge >= 0.3 is 0 Å². The molecule has 5 heteroatoms. The molecule has 1 atom stereocenters. The van der Waals surface area contributed by atoms with Gasteiger partial charge < -0.3 is 15.4 Å². The molecule has 0 saturated heterocycles. The van der Waals surface area contributed by atoms with Crippen LogP contribution in [-0.4, -0.2) is 36.3 Å². The summed E-state index contributed by atoms with van der Waals surface area (Å²) in [6.07, 6.45) is 0.179. The van der Waals surface area contributed by atoms with Crippen LogP contribution in [0.2, 0.25) is 0 Å². The van der Waals surface area contributed by atoms with Crippen LogP contribution in [0.3, 0.4) is 0 Å². The number of aromatic nitrogens is 2. The van der Waals surface area contributed by atoms with Crippen LogP contribution in [0.25, 0.3) is 0 Å². The molecule has 0 aliphatic heterocycles. The van der Waals surface area contributed by atoms with Crippen molar-refractivity contribution >= 4 is 11.6 Å². The van der Waals surface area contributed by atoms with Crippen molar-refractivity contribution in [2.75, 3.05) is 30.8 Å². The zero-order chi connectivity index (χ0) is 12.0. The average molecular weight is 224 g/mol. The topological polar surface area (TPSA) is 59.1 Å². The predicted octanol–water partition coefficient (Wildman–Crippen LogP) is 1.66. The van der Waals surface area contributed by atoms with Gasteiger partial charge in [0.1, 0.15) is 17.5 Å².